The van der Waals surface area contributed by atoms with Gasteiger partial charge in [-0.15, -0.1) is 0 Å². The summed E-state index contributed by atoms with van der Waals surface area (Å²) < 4.78 is 28.2. The Kier molecular flexibility index (Phi) is 5.60. The lowest BCUT2D eigenvalue weighted by atomic mass is 9.59. The zero-order valence-corrected chi connectivity index (χ0v) is 20.4. The number of Topliss-reactive ketones (excluding diaryl/α,β-unsaturated/α-hetero) is 2. The third-order valence-corrected chi connectivity index (χ3v) is 7.74. The van der Waals surface area contributed by atoms with E-state index in [-0.39, 0.29) is 35.1 Å². The van der Waals surface area contributed by atoms with Gasteiger partial charge in [0.15, 0.2) is 11.4 Å². The Morgan fingerprint density at radius 1 is 1.08 bits per heavy atom. The zero-order valence-electron chi connectivity index (χ0n) is 20.4. The van der Waals surface area contributed by atoms with Crippen molar-refractivity contribution in [1.82, 2.24) is 0 Å². The Balaban J connectivity index is 1.76. The van der Waals surface area contributed by atoms with Gasteiger partial charge < -0.3 is 31.1 Å². The van der Waals surface area contributed by atoms with Gasteiger partial charge in [-0.2, -0.15) is 0 Å². The normalized spacial score (nSPS) is 24.7. The first kappa shape index (κ1) is 25.4. The fraction of sp³-hybridized carbons (Fsp3) is 0.296. The number of phenolic OH excluding ortho intramolecular Hbond substituents is 1. The molecule has 0 heterocycles. The van der Waals surface area contributed by atoms with Gasteiger partial charge in [0.05, 0.1) is 5.56 Å². The monoisotopic (exact) mass is 526 g/mol. The van der Waals surface area contributed by atoms with Gasteiger partial charge in [0.2, 0.25) is 5.78 Å². The van der Waals surface area contributed by atoms with Crippen LogP contribution >= 0.6 is 0 Å². The summed E-state index contributed by atoms with van der Waals surface area (Å²) in [7, 11) is 3.37. The van der Waals surface area contributed by atoms with Crippen LogP contribution in [0.15, 0.2) is 41.2 Å². The summed E-state index contributed by atoms with van der Waals surface area (Å²) in [5, 5.41) is 44.6. The summed E-state index contributed by atoms with van der Waals surface area (Å²) in [5.74, 6) is -9.24. The second kappa shape index (κ2) is 8.38. The van der Waals surface area contributed by atoms with Crippen LogP contribution in [-0.4, -0.2) is 57.6 Å². The van der Waals surface area contributed by atoms with Gasteiger partial charge in [-0.25, -0.2) is 8.78 Å². The molecule has 0 radical (unpaired) electrons. The molecule has 3 aliphatic carbocycles. The van der Waals surface area contributed by atoms with Crippen LogP contribution in [0.1, 0.15) is 24.0 Å². The van der Waals surface area contributed by atoms with Gasteiger partial charge in [-0.05, 0) is 42.5 Å². The summed E-state index contributed by atoms with van der Waals surface area (Å²) in [6.45, 7) is 0. The lowest BCUT2D eigenvalue weighted by Gasteiger charge is -2.46. The number of nitrogens with zero attached hydrogens (tertiary/aromatic N) is 1. The van der Waals surface area contributed by atoms with E-state index < -0.39 is 75.8 Å². The topological polar surface area (TPSA) is 161 Å². The first-order valence-corrected chi connectivity index (χ1v) is 11.8. The number of hydrogen-bond donors (Lipinski definition) is 5. The van der Waals surface area contributed by atoms with Gasteiger partial charge in [-0.3, -0.25) is 14.4 Å². The van der Waals surface area contributed by atoms with Gasteiger partial charge in [0.1, 0.15) is 34.5 Å². The van der Waals surface area contributed by atoms with E-state index in [1.807, 2.05) is 0 Å². The molecule has 3 aliphatic rings. The highest BCUT2D eigenvalue weighted by molar-refractivity contribution is 6.22. The SMILES string of the molecule is CN(C)c1cc(-c2ccc(F)cc2F)c(O)c2c1C[C@H]1C[C@H]3CC(=O)C(C(N)=O)=C(O)[C@@]3(O)C(=O)C1=C2O. The number of rotatable bonds is 3. The zero-order chi connectivity index (χ0) is 27.8. The van der Waals surface area contributed by atoms with Crippen molar-refractivity contribution in [3.8, 4) is 16.9 Å². The number of primary amides is 1. The number of aliphatic hydroxyl groups excluding tert-OH is 2. The van der Waals surface area contributed by atoms with Crippen LogP contribution in [0.4, 0.5) is 14.5 Å². The third-order valence-electron chi connectivity index (χ3n) is 7.74. The van der Waals surface area contributed by atoms with Crippen LogP contribution in [0, 0.1) is 23.5 Å². The van der Waals surface area contributed by atoms with Crippen molar-refractivity contribution in [3.63, 3.8) is 0 Å². The minimum Gasteiger partial charge on any atom is -0.508 e. The number of hydrogen-bond acceptors (Lipinski definition) is 8. The first-order valence-electron chi connectivity index (χ1n) is 11.8. The minimum atomic E-state index is -2.68. The van der Waals surface area contributed by atoms with Crippen molar-refractivity contribution < 1.29 is 43.6 Å². The Hall–Kier alpha value is -4.25. The van der Waals surface area contributed by atoms with Crippen LogP contribution in [0.5, 0.6) is 5.75 Å². The maximum atomic E-state index is 14.7. The molecule has 9 nitrogen and oxygen atoms in total. The summed E-state index contributed by atoms with van der Waals surface area (Å²) >= 11 is 0. The highest BCUT2D eigenvalue weighted by atomic mass is 19.1. The molecule has 0 unspecified atom stereocenters. The molecule has 2 aromatic carbocycles. The Bertz CT molecular complexity index is 1530. The van der Waals surface area contributed by atoms with E-state index in [1.54, 1.807) is 19.0 Å². The van der Waals surface area contributed by atoms with Crippen LogP contribution < -0.4 is 10.6 Å². The molecule has 198 valence electrons. The van der Waals surface area contributed by atoms with Crippen molar-refractivity contribution in [1.29, 1.82) is 0 Å². The maximum absolute atomic E-state index is 14.7. The second-order valence-corrected chi connectivity index (χ2v) is 10.1. The second-order valence-electron chi connectivity index (χ2n) is 10.1. The molecule has 0 saturated heterocycles. The van der Waals surface area contributed by atoms with E-state index in [0.29, 0.717) is 17.3 Å². The van der Waals surface area contributed by atoms with Crippen molar-refractivity contribution in [3.05, 3.63) is 63.9 Å². The number of aromatic hydroxyl groups is 1. The van der Waals surface area contributed by atoms with E-state index in [2.05, 4.69) is 0 Å². The quantitative estimate of drug-likeness (QED) is 0.381. The molecule has 1 fully saturated rings. The Morgan fingerprint density at radius 2 is 1.76 bits per heavy atom. The Labute approximate surface area is 215 Å². The first-order chi connectivity index (χ1) is 17.8. The van der Waals surface area contributed by atoms with E-state index in [1.165, 1.54) is 6.07 Å². The molecule has 6 N–H and O–H groups in total. The predicted molar refractivity (Wildman–Crippen MR) is 131 cm³/mol. The fourth-order valence-corrected chi connectivity index (χ4v) is 5.98. The van der Waals surface area contributed by atoms with Gasteiger partial charge >= 0.3 is 0 Å². The number of nitrogens with two attached hydrogens (primary N) is 1. The predicted octanol–water partition coefficient (Wildman–Crippen LogP) is 2.44. The molecule has 0 bridgehead atoms. The van der Waals surface area contributed by atoms with Crippen LogP contribution in [-0.2, 0) is 20.8 Å². The fourth-order valence-electron chi connectivity index (χ4n) is 5.98. The minimum absolute atomic E-state index is 0.00904. The number of halogens is 2. The number of carbonyl (C=O) groups excluding carboxylic acids is 3. The number of aliphatic hydroxyl groups is 3. The molecular formula is C27H24F2N2O7. The molecule has 1 amide bonds. The number of benzene rings is 2. The molecule has 38 heavy (non-hydrogen) atoms. The molecule has 2 aromatic rings. The summed E-state index contributed by atoms with van der Waals surface area (Å²) in [6, 6.07) is 4.28. The molecule has 0 aliphatic heterocycles. The van der Waals surface area contributed by atoms with Gasteiger partial charge in [-0.1, -0.05) is 0 Å². The highest BCUT2D eigenvalue weighted by Gasteiger charge is 2.60. The number of phenols is 1. The maximum Gasteiger partial charge on any atom is 0.255 e. The van der Waals surface area contributed by atoms with Crippen LogP contribution in [0.2, 0.25) is 0 Å². The van der Waals surface area contributed by atoms with E-state index in [9.17, 15) is 43.6 Å². The van der Waals surface area contributed by atoms with Crippen LogP contribution in [0.3, 0.4) is 0 Å². The molecule has 5 rings (SSSR count). The standard InChI is InChI=1S/C27H24F2N2O7/c1-31(2)17-9-14(13-4-3-12(28)8-16(13)29)22(33)20-15(17)6-10-5-11-7-18(32)21(26(30)37)25(36)27(11,38)24(35)19(10)23(20)34/h3-4,8-11,33-34,36,38H,5-7H2,1-2H3,(H2,30,37)/t10-,11+,27+/m1/s1. The summed E-state index contributed by atoms with van der Waals surface area (Å²) in [5.41, 5.74) is 1.84. The van der Waals surface area contributed by atoms with Crippen LogP contribution in [0.25, 0.3) is 16.9 Å². The highest BCUT2D eigenvalue weighted by Crippen LogP contribution is 2.54. The van der Waals surface area contributed by atoms with Crippen molar-refractivity contribution in [2.24, 2.45) is 17.6 Å². The number of anilines is 1. The van der Waals surface area contributed by atoms with E-state index in [4.69, 9.17) is 5.73 Å². The lowest BCUT2D eigenvalue weighted by Crippen LogP contribution is -2.58. The average molecular weight is 526 g/mol. The average Bonchev–Trinajstić information content (AvgIpc) is 2.81. The summed E-state index contributed by atoms with van der Waals surface area (Å²) in [4.78, 5) is 39.6. The third kappa shape index (κ3) is 3.34. The Morgan fingerprint density at radius 3 is 2.37 bits per heavy atom. The number of fused-ring (bicyclic) bond motifs is 3. The van der Waals surface area contributed by atoms with E-state index >= 15 is 0 Å². The van der Waals surface area contributed by atoms with Gasteiger partial charge in [0, 0.05) is 54.9 Å². The molecule has 3 atom stereocenters. The number of amides is 1. The summed E-state index contributed by atoms with van der Waals surface area (Å²) in [6.07, 6.45) is -0.330. The molecule has 0 aromatic heterocycles. The largest absolute Gasteiger partial charge is 0.508 e. The van der Waals surface area contributed by atoms with Crippen molar-refractivity contribution in [2.75, 3.05) is 19.0 Å². The van der Waals surface area contributed by atoms with Crippen molar-refractivity contribution in [2.45, 2.75) is 24.9 Å². The number of ketones is 2. The molecule has 1 saturated carbocycles. The lowest BCUT2D eigenvalue weighted by molar-refractivity contribution is -0.147. The molecular weight excluding hydrogens is 502 g/mol. The molecule has 0 spiro atoms. The number of carbonyl (C=O) groups is 3. The molecule has 11 heteroatoms. The van der Waals surface area contributed by atoms with Gasteiger partial charge in [0.25, 0.3) is 5.91 Å². The smallest absolute Gasteiger partial charge is 0.255 e. The van der Waals surface area contributed by atoms with Crippen molar-refractivity contribution >= 4 is 28.9 Å². The van der Waals surface area contributed by atoms with E-state index in [0.717, 1.165) is 12.1 Å².